The van der Waals surface area contributed by atoms with Crippen LogP contribution in [0.2, 0.25) is 0 Å². The van der Waals surface area contributed by atoms with Gasteiger partial charge >= 0.3 is 0 Å². The minimum absolute atomic E-state index is 0. The van der Waals surface area contributed by atoms with Gasteiger partial charge in [0.2, 0.25) is 5.91 Å². The van der Waals surface area contributed by atoms with Crippen molar-refractivity contribution < 1.29 is 14.3 Å². The topological polar surface area (TPSA) is 84.0 Å². The summed E-state index contributed by atoms with van der Waals surface area (Å²) >= 11 is 0. The van der Waals surface area contributed by atoms with Gasteiger partial charge in [0.1, 0.15) is 0 Å². The van der Waals surface area contributed by atoms with Crippen LogP contribution in [-0.2, 0) is 11.3 Å². The van der Waals surface area contributed by atoms with Gasteiger partial charge < -0.3 is 25.4 Å². The van der Waals surface area contributed by atoms with Crippen molar-refractivity contribution in [3.05, 3.63) is 48.0 Å². The van der Waals surface area contributed by atoms with Crippen LogP contribution in [0.5, 0.6) is 11.5 Å². The molecule has 0 saturated carbocycles. The van der Waals surface area contributed by atoms with Gasteiger partial charge in [-0.25, -0.2) is 0 Å². The van der Waals surface area contributed by atoms with Crippen molar-refractivity contribution in [2.24, 2.45) is 10.9 Å². The number of halogens is 1. The Hall–Kier alpha value is -2.49. The number of aliphatic imine (C=N–C) groups is 1. The fourth-order valence-electron chi connectivity index (χ4n) is 2.51. The molecule has 7 nitrogen and oxygen atoms in total. The molecule has 2 aromatic rings. The molecule has 2 aromatic carbocycles. The van der Waals surface area contributed by atoms with Gasteiger partial charge in [-0.05, 0) is 36.8 Å². The minimum Gasteiger partial charge on any atom is -0.493 e. The van der Waals surface area contributed by atoms with Gasteiger partial charge in [-0.3, -0.25) is 9.79 Å². The zero-order valence-electron chi connectivity index (χ0n) is 18.1. The molecule has 0 aromatic heterocycles. The second kappa shape index (κ2) is 12.9. The predicted octanol–water partition coefficient (Wildman–Crippen LogP) is 4.49. The average Bonchev–Trinajstić information content (AvgIpc) is 2.73. The maximum Gasteiger partial charge on any atom is 0.226 e. The van der Waals surface area contributed by atoms with E-state index >= 15 is 0 Å². The van der Waals surface area contributed by atoms with E-state index in [1.807, 2.05) is 63.2 Å². The van der Waals surface area contributed by atoms with E-state index in [1.54, 1.807) is 14.2 Å². The summed E-state index contributed by atoms with van der Waals surface area (Å²) in [6.45, 7) is 6.83. The Kier molecular flexibility index (Phi) is 11.0. The molecular formula is C22H31IN4O3. The molecule has 0 saturated heterocycles. The van der Waals surface area contributed by atoms with E-state index < -0.39 is 0 Å². The van der Waals surface area contributed by atoms with E-state index in [0.29, 0.717) is 30.6 Å². The summed E-state index contributed by atoms with van der Waals surface area (Å²) in [5.41, 5.74) is 2.70. The van der Waals surface area contributed by atoms with Crippen molar-refractivity contribution in [3.8, 4) is 11.5 Å². The zero-order valence-corrected chi connectivity index (χ0v) is 20.4. The van der Waals surface area contributed by atoms with Crippen LogP contribution >= 0.6 is 24.0 Å². The number of anilines is 2. The fraction of sp³-hybridized carbons (Fsp3) is 0.364. The monoisotopic (exact) mass is 526 g/mol. The fourth-order valence-corrected chi connectivity index (χ4v) is 2.51. The maximum absolute atomic E-state index is 11.8. The number of hydrogen-bond donors (Lipinski definition) is 3. The number of methoxy groups -OCH3 is 1. The predicted molar refractivity (Wildman–Crippen MR) is 133 cm³/mol. The van der Waals surface area contributed by atoms with Crippen molar-refractivity contribution >= 4 is 47.2 Å². The van der Waals surface area contributed by atoms with Gasteiger partial charge in [0, 0.05) is 37.0 Å². The Morgan fingerprint density at radius 1 is 1.03 bits per heavy atom. The first-order valence-corrected chi connectivity index (χ1v) is 9.65. The van der Waals surface area contributed by atoms with Crippen molar-refractivity contribution in [3.63, 3.8) is 0 Å². The zero-order chi connectivity index (χ0) is 21.2. The first-order chi connectivity index (χ1) is 14.0. The standard InChI is InChI=1S/C22H30N4O3.HI/c1-6-29-19-12-11-18(13-20(19)28-5)26-22(23-4)24-14-16-7-9-17(10-8-16)25-21(27)15(2)3;/h7-13,15H,6,14H2,1-5H3,(H,25,27)(H2,23,24,26);1H. The molecule has 0 atom stereocenters. The highest BCUT2D eigenvalue weighted by molar-refractivity contribution is 14.0. The van der Waals surface area contributed by atoms with Gasteiger partial charge in [0.25, 0.3) is 0 Å². The number of ether oxygens (including phenoxy) is 2. The van der Waals surface area contributed by atoms with Crippen LogP contribution in [0.1, 0.15) is 26.3 Å². The van der Waals surface area contributed by atoms with Crippen molar-refractivity contribution in [1.29, 1.82) is 0 Å². The largest absolute Gasteiger partial charge is 0.493 e. The van der Waals surface area contributed by atoms with Crippen LogP contribution in [0.3, 0.4) is 0 Å². The lowest BCUT2D eigenvalue weighted by Gasteiger charge is -2.15. The highest BCUT2D eigenvalue weighted by Gasteiger charge is 2.08. The van der Waals surface area contributed by atoms with Crippen LogP contribution < -0.4 is 25.4 Å². The lowest BCUT2D eigenvalue weighted by Crippen LogP contribution is -2.30. The molecular weight excluding hydrogens is 495 g/mol. The number of benzene rings is 2. The van der Waals surface area contributed by atoms with Crippen LogP contribution in [-0.4, -0.2) is 32.6 Å². The molecule has 0 unspecified atom stereocenters. The van der Waals surface area contributed by atoms with E-state index in [2.05, 4.69) is 20.9 Å². The van der Waals surface area contributed by atoms with E-state index in [1.165, 1.54) is 0 Å². The quantitative estimate of drug-likeness (QED) is 0.268. The number of carbonyl (C=O) groups excluding carboxylic acids is 1. The first-order valence-electron chi connectivity index (χ1n) is 9.65. The number of nitrogens with one attached hydrogen (secondary N) is 3. The lowest BCUT2D eigenvalue weighted by atomic mass is 10.1. The third-order valence-corrected chi connectivity index (χ3v) is 4.16. The molecule has 0 aliphatic heterocycles. The van der Waals surface area contributed by atoms with Gasteiger partial charge in [-0.15, -0.1) is 24.0 Å². The summed E-state index contributed by atoms with van der Waals surface area (Å²) < 4.78 is 10.9. The number of guanidine groups is 1. The highest BCUT2D eigenvalue weighted by Crippen LogP contribution is 2.30. The summed E-state index contributed by atoms with van der Waals surface area (Å²) in [6, 6.07) is 13.4. The molecule has 0 radical (unpaired) electrons. The normalized spacial score (nSPS) is 10.8. The number of amides is 1. The minimum atomic E-state index is -0.0491. The second-order valence-corrected chi connectivity index (χ2v) is 6.69. The molecule has 0 aliphatic carbocycles. The van der Waals surface area contributed by atoms with Crippen LogP contribution in [0.4, 0.5) is 11.4 Å². The Labute approximate surface area is 195 Å². The smallest absolute Gasteiger partial charge is 0.226 e. The molecule has 1 amide bonds. The average molecular weight is 526 g/mol. The molecule has 8 heteroatoms. The number of carbonyl (C=O) groups is 1. The van der Waals surface area contributed by atoms with Gasteiger partial charge in [0.05, 0.1) is 13.7 Å². The van der Waals surface area contributed by atoms with Crippen LogP contribution in [0.15, 0.2) is 47.5 Å². The van der Waals surface area contributed by atoms with E-state index in [9.17, 15) is 4.79 Å². The Bertz CT molecular complexity index is 839. The number of rotatable bonds is 8. The molecule has 30 heavy (non-hydrogen) atoms. The van der Waals surface area contributed by atoms with Crippen LogP contribution in [0.25, 0.3) is 0 Å². The SMILES string of the molecule is CCOc1ccc(NC(=NC)NCc2ccc(NC(=O)C(C)C)cc2)cc1OC.I. The number of hydrogen-bond acceptors (Lipinski definition) is 4. The lowest BCUT2D eigenvalue weighted by molar-refractivity contribution is -0.118. The summed E-state index contributed by atoms with van der Waals surface area (Å²) in [6.07, 6.45) is 0. The summed E-state index contributed by atoms with van der Waals surface area (Å²) in [5, 5.41) is 9.39. The molecule has 0 fully saturated rings. The van der Waals surface area contributed by atoms with Gasteiger partial charge in [-0.1, -0.05) is 26.0 Å². The molecule has 0 spiro atoms. The van der Waals surface area contributed by atoms with Crippen LogP contribution in [0, 0.1) is 5.92 Å². The molecule has 0 heterocycles. The number of nitrogens with zero attached hydrogens (tertiary/aromatic N) is 1. The van der Waals surface area contributed by atoms with E-state index in [0.717, 1.165) is 16.9 Å². The van der Waals surface area contributed by atoms with E-state index in [4.69, 9.17) is 9.47 Å². The van der Waals surface area contributed by atoms with E-state index in [-0.39, 0.29) is 35.8 Å². The molecule has 0 aliphatic rings. The summed E-state index contributed by atoms with van der Waals surface area (Å²) in [5.74, 6) is 1.95. The van der Waals surface area contributed by atoms with Gasteiger partial charge in [0.15, 0.2) is 17.5 Å². The highest BCUT2D eigenvalue weighted by atomic mass is 127. The summed E-state index contributed by atoms with van der Waals surface area (Å²) in [4.78, 5) is 16.0. The molecule has 3 N–H and O–H groups in total. The Morgan fingerprint density at radius 3 is 2.27 bits per heavy atom. The van der Waals surface area contributed by atoms with Gasteiger partial charge in [-0.2, -0.15) is 0 Å². The molecule has 2 rings (SSSR count). The maximum atomic E-state index is 11.8. The molecule has 0 bridgehead atoms. The summed E-state index contributed by atoms with van der Waals surface area (Å²) in [7, 11) is 3.33. The second-order valence-electron chi connectivity index (χ2n) is 6.69. The molecule has 164 valence electrons. The first kappa shape index (κ1) is 25.5. The van der Waals surface area contributed by atoms with Crippen molar-refractivity contribution in [2.45, 2.75) is 27.3 Å². The van der Waals surface area contributed by atoms with Crippen molar-refractivity contribution in [1.82, 2.24) is 5.32 Å². The third kappa shape index (κ3) is 7.74. The third-order valence-electron chi connectivity index (χ3n) is 4.16. The Balaban J connectivity index is 0.00000450. The Morgan fingerprint density at radius 2 is 1.70 bits per heavy atom. The van der Waals surface area contributed by atoms with Crippen molar-refractivity contribution in [2.75, 3.05) is 31.4 Å².